The molecule has 2 aromatic heterocycles. The molecule has 0 radical (unpaired) electrons. The minimum absolute atomic E-state index is 0.115. The molecule has 0 unspecified atom stereocenters. The maximum absolute atomic E-state index is 12.9. The number of para-hydroxylation sites is 1. The first-order chi connectivity index (χ1) is 20.0. The predicted molar refractivity (Wildman–Crippen MR) is 166 cm³/mol. The standard InChI is InChI=1S/C29H27BrN6O3S2/c1-2-3-16-39-22-14-8-19(9-15-22)27(38)31-17-25-34-35-29(36(25)21-12-10-20(30)11-13-21)40-18-26(37)33-28-32-23-6-4-5-7-24(23)41-28/h4-15H,2-3,16-18H2,1H3,(H,31,38)(H,32,33,37). The van der Waals surface area contributed by atoms with Gasteiger partial charge in [-0.1, -0.05) is 64.5 Å². The van der Waals surface area contributed by atoms with E-state index >= 15 is 0 Å². The van der Waals surface area contributed by atoms with Gasteiger partial charge in [0.15, 0.2) is 16.1 Å². The Morgan fingerprint density at radius 3 is 2.56 bits per heavy atom. The number of thiazole rings is 1. The number of anilines is 1. The fourth-order valence-electron chi connectivity index (χ4n) is 3.87. The SMILES string of the molecule is CCCCOc1ccc(C(=O)NCc2nnc(SCC(=O)Nc3nc4ccccc4s3)n2-c2ccc(Br)cc2)cc1. The van der Waals surface area contributed by atoms with E-state index in [4.69, 9.17) is 4.74 Å². The molecule has 0 spiro atoms. The quantitative estimate of drug-likeness (QED) is 0.117. The molecule has 41 heavy (non-hydrogen) atoms. The number of unbranched alkanes of at least 4 members (excludes halogenated alkanes) is 1. The van der Waals surface area contributed by atoms with Crippen LogP contribution in [0.25, 0.3) is 15.9 Å². The van der Waals surface area contributed by atoms with Gasteiger partial charge in [0.25, 0.3) is 5.91 Å². The van der Waals surface area contributed by atoms with Crippen LogP contribution in [0.1, 0.15) is 35.9 Å². The molecule has 0 fully saturated rings. The number of aromatic nitrogens is 4. The van der Waals surface area contributed by atoms with Gasteiger partial charge in [-0.2, -0.15) is 0 Å². The Balaban J connectivity index is 1.25. The highest BCUT2D eigenvalue weighted by Gasteiger charge is 2.18. The third-order valence-corrected chi connectivity index (χ3v) is 8.36. The van der Waals surface area contributed by atoms with Crippen molar-refractivity contribution in [3.8, 4) is 11.4 Å². The zero-order valence-corrected chi connectivity index (χ0v) is 25.4. The number of fused-ring (bicyclic) bond motifs is 1. The summed E-state index contributed by atoms with van der Waals surface area (Å²) < 4.78 is 9.46. The van der Waals surface area contributed by atoms with Crippen LogP contribution in [0, 0.1) is 0 Å². The van der Waals surface area contributed by atoms with E-state index in [1.54, 1.807) is 24.3 Å². The van der Waals surface area contributed by atoms with E-state index in [0.29, 0.717) is 28.3 Å². The molecule has 2 N–H and O–H groups in total. The van der Waals surface area contributed by atoms with Crippen molar-refractivity contribution in [2.24, 2.45) is 0 Å². The van der Waals surface area contributed by atoms with Gasteiger partial charge < -0.3 is 15.4 Å². The molecule has 0 aliphatic rings. The molecule has 0 aliphatic heterocycles. The van der Waals surface area contributed by atoms with E-state index in [1.165, 1.54) is 23.1 Å². The molecule has 0 atom stereocenters. The summed E-state index contributed by atoms with van der Waals surface area (Å²) in [5.41, 5.74) is 2.17. The number of benzene rings is 3. The number of carbonyl (C=O) groups excluding carboxylic acids is 2. The highest BCUT2D eigenvalue weighted by atomic mass is 79.9. The summed E-state index contributed by atoms with van der Waals surface area (Å²) in [6.07, 6.45) is 2.04. The van der Waals surface area contributed by atoms with Gasteiger partial charge in [0.05, 0.1) is 29.1 Å². The Hall–Kier alpha value is -3.74. The first kappa shape index (κ1) is 28.8. The van der Waals surface area contributed by atoms with E-state index in [-0.39, 0.29) is 24.1 Å². The van der Waals surface area contributed by atoms with Crippen molar-refractivity contribution in [3.05, 3.63) is 88.7 Å². The smallest absolute Gasteiger partial charge is 0.251 e. The lowest BCUT2D eigenvalue weighted by Crippen LogP contribution is -2.24. The van der Waals surface area contributed by atoms with Crippen LogP contribution in [0.4, 0.5) is 5.13 Å². The summed E-state index contributed by atoms with van der Waals surface area (Å²) in [7, 11) is 0. The fraction of sp³-hybridized carbons (Fsp3) is 0.207. The van der Waals surface area contributed by atoms with Crippen LogP contribution in [0.2, 0.25) is 0 Å². The maximum Gasteiger partial charge on any atom is 0.251 e. The summed E-state index contributed by atoms with van der Waals surface area (Å²) in [5, 5.41) is 15.5. The maximum atomic E-state index is 12.9. The highest BCUT2D eigenvalue weighted by molar-refractivity contribution is 9.10. The molecule has 5 rings (SSSR count). The van der Waals surface area contributed by atoms with Crippen molar-refractivity contribution >= 4 is 66.2 Å². The van der Waals surface area contributed by atoms with Gasteiger partial charge in [-0.3, -0.25) is 14.2 Å². The Kier molecular flexibility index (Phi) is 9.65. The fourth-order valence-corrected chi connectivity index (χ4v) is 5.78. The van der Waals surface area contributed by atoms with Crippen molar-refractivity contribution in [1.82, 2.24) is 25.1 Å². The summed E-state index contributed by atoms with van der Waals surface area (Å²) in [4.78, 5) is 30.1. The molecule has 12 heteroatoms. The Bertz CT molecular complexity index is 1600. The van der Waals surface area contributed by atoms with E-state index < -0.39 is 0 Å². The lowest BCUT2D eigenvalue weighted by atomic mass is 10.2. The average molecular weight is 652 g/mol. The van der Waals surface area contributed by atoms with E-state index in [9.17, 15) is 9.59 Å². The Labute approximate surface area is 253 Å². The molecule has 0 bridgehead atoms. The van der Waals surface area contributed by atoms with Crippen molar-refractivity contribution in [3.63, 3.8) is 0 Å². The van der Waals surface area contributed by atoms with Crippen LogP contribution < -0.4 is 15.4 Å². The Morgan fingerprint density at radius 1 is 1.02 bits per heavy atom. The molecular formula is C29H27BrN6O3S2. The summed E-state index contributed by atoms with van der Waals surface area (Å²) in [5.74, 6) is 0.952. The van der Waals surface area contributed by atoms with Gasteiger partial charge in [-0.05, 0) is 67.1 Å². The number of rotatable bonds is 12. The van der Waals surface area contributed by atoms with E-state index in [2.05, 4.69) is 48.7 Å². The van der Waals surface area contributed by atoms with Gasteiger partial charge in [-0.15, -0.1) is 10.2 Å². The third kappa shape index (κ3) is 7.51. The molecule has 0 aliphatic carbocycles. The summed E-state index contributed by atoms with van der Waals surface area (Å²) >= 11 is 6.15. The molecule has 3 aromatic carbocycles. The number of hydrogen-bond acceptors (Lipinski definition) is 8. The number of amides is 2. The number of ether oxygens (including phenoxy) is 1. The van der Waals surface area contributed by atoms with Crippen LogP contribution in [-0.4, -0.2) is 43.9 Å². The number of nitrogens with zero attached hydrogens (tertiary/aromatic N) is 4. The van der Waals surface area contributed by atoms with Crippen molar-refractivity contribution in [2.45, 2.75) is 31.5 Å². The predicted octanol–water partition coefficient (Wildman–Crippen LogP) is 6.48. The molecule has 210 valence electrons. The van der Waals surface area contributed by atoms with Crippen LogP contribution >= 0.6 is 39.0 Å². The van der Waals surface area contributed by atoms with E-state index in [0.717, 1.165) is 39.0 Å². The second-order valence-corrected chi connectivity index (χ2v) is 11.8. The van der Waals surface area contributed by atoms with Crippen LogP contribution in [0.5, 0.6) is 5.75 Å². The van der Waals surface area contributed by atoms with Crippen molar-refractivity contribution in [2.75, 3.05) is 17.7 Å². The normalized spacial score (nSPS) is 11.0. The lowest BCUT2D eigenvalue weighted by molar-refractivity contribution is -0.113. The monoisotopic (exact) mass is 650 g/mol. The van der Waals surface area contributed by atoms with Gasteiger partial charge in [0, 0.05) is 15.7 Å². The topological polar surface area (TPSA) is 111 Å². The zero-order valence-electron chi connectivity index (χ0n) is 22.2. The highest BCUT2D eigenvalue weighted by Crippen LogP contribution is 2.27. The molecule has 5 aromatic rings. The summed E-state index contributed by atoms with van der Waals surface area (Å²) in [6.45, 7) is 2.91. The van der Waals surface area contributed by atoms with Crippen LogP contribution in [0.3, 0.4) is 0 Å². The zero-order chi connectivity index (χ0) is 28.6. The van der Waals surface area contributed by atoms with Gasteiger partial charge in [0.1, 0.15) is 5.75 Å². The minimum Gasteiger partial charge on any atom is -0.494 e. The number of thioether (sulfide) groups is 1. The molecule has 2 heterocycles. The molecule has 0 saturated heterocycles. The summed E-state index contributed by atoms with van der Waals surface area (Å²) in [6, 6.07) is 22.5. The third-order valence-electron chi connectivity index (χ3n) is 5.95. The second-order valence-electron chi connectivity index (χ2n) is 8.94. The largest absolute Gasteiger partial charge is 0.494 e. The number of carbonyl (C=O) groups is 2. The number of nitrogens with one attached hydrogen (secondary N) is 2. The second kappa shape index (κ2) is 13.7. The number of hydrogen-bond donors (Lipinski definition) is 2. The first-order valence-electron chi connectivity index (χ1n) is 13.0. The van der Waals surface area contributed by atoms with Gasteiger partial charge in [-0.25, -0.2) is 4.98 Å². The van der Waals surface area contributed by atoms with Crippen LogP contribution in [-0.2, 0) is 11.3 Å². The molecular weight excluding hydrogens is 624 g/mol. The van der Waals surface area contributed by atoms with E-state index in [1.807, 2.05) is 53.1 Å². The molecule has 2 amide bonds. The van der Waals surface area contributed by atoms with Crippen molar-refractivity contribution < 1.29 is 14.3 Å². The van der Waals surface area contributed by atoms with Crippen molar-refractivity contribution in [1.29, 1.82) is 0 Å². The van der Waals surface area contributed by atoms with Gasteiger partial charge >= 0.3 is 0 Å². The molecule has 9 nitrogen and oxygen atoms in total. The van der Waals surface area contributed by atoms with Gasteiger partial charge in [0.2, 0.25) is 5.91 Å². The lowest BCUT2D eigenvalue weighted by Gasteiger charge is -2.11. The first-order valence-corrected chi connectivity index (χ1v) is 15.6. The minimum atomic E-state index is -0.236. The van der Waals surface area contributed by atoms with Crippen LogP contribution in [0.15, 0.2) is 82.4 Å². The molecule has 0 saturated carbocycles. The Morgan fingerprint density at radius 2 is 1.80 bits per heavy atom. The average Bonchev–Trinajstić information content (AvgIpc) is 3.59. The number of halogens is 1.